The number of ether oxygens (including phenoxy) is 4. The molecule has 2 aliphatic heterocycles. The maximum absolute atomic E-state index is 12.7. The molecule has 0 N–H and O–H groups in total. The number of allylic oxidation sites excluding steroid dienone is 1. The van der Waals surface area contributed by atoms with Crippen LogP contribution in [0.4, 0.5) is 0 Å². The topological polar surface area (TPSA) is 84.0 Å². The average Bonchev–Trinajstić information content (AvgIpc) is 3.35. The SMILES string of the molecule is Cc1c(OC(=O)c2ccc3c(c2)OCO3)ccc2c1O/C(=C\c1ccncc1)C2=O. The number of pyridine rings is 1. The number of ketones is 1. The van der Waals surface area contributed by atoms with E-state index in [1.165, 1.54) is 0 Å². The van der Waals surface area contributed by atoms with Gasteiger partial charge in [0.2, 0.25) is 12.6 Å². The van der Waals surface area contributed by atoms with E-state index in [2.05, 4.69) is 4.98 Å². The lowest BCUT2D eigenvalue weighted by molar-refractivity contribution is 0.0732. The molecule has 2 aromatic carbocycles. The fraction of sp³-hybridized carbons (Fsp3) is 0.0870. The van der Waals surface area contributed by atoms with E-state index in [-0.39, 0.29) is 18.3 Å². The number of Topliss-reactive ketones (excluding diaryl/α,β-unsaturated/α-hetero) is 1. The molecule has 7 nitrogen and oxygen atoms in total. The molecule has 0 spiro atoms. The first kappa shape index (κ1) is 17.9. The van der Waals surface area contributed by atoms with Crippen LogP contribution in [0.1, 0.15) is 31.8 Å². The molecule has 0 bridgehead atoms. The highest BCUT2D eigenvalue weighted by molar-refractivity contribution is 6.15. The highest BCUT2D eigenvalue weighted by Gasteiger charge is 2.30. The molecule has 1 aromatic heterocycles. The van der Waals surface area contributed by atoms with Crippen molar-refractivity contribution in [2.75, 3.05) is 6.79 Å². The summed E-state index contributed by atoms with van der Waals surface area (Å²) in [4.78, 5) is 29.2. The Hall–Kier alpha value is -4.13. The van der Waals surface area contributed by atoms with Gasteiger partial charge in [0.15, 0.2) is 17.3 Å². The van der Waals surface area contributed by atoms with Gasteiger partial charge in [-0.05, 0) is 61.0 Å². The number of nitrogens with zero attached hydrogens (tertiary/aromatic N) is 1. The van der Waals surface area contributed by atoms with E-state index in [1.54, 1.807) is 67.9 Å². The second kappa shape index (κ2) is 7.04. The van der Waals surface area contributed by atoms with Crippen LogP contribution in [0.5, 0.6) is 23.0 Å². The highest BCUT2D eigenvalue weighted by atomic mass is 16.7. The third-order valence-electron chi connectivity index (χ3n) is 4.85. The number of rotatable bonds is 3. The molecule has 7 heteroatoms. The maximum Gasteiger partial charge on any atom is 0.343 e. The van der Waals surface area contributed by atoms with Crippen molar-refractivity contribution >= 4 is 17.8 Å². The molecule has 0 atom stereocenters. The van der Waals surface area contributed by atoms with E-state index < -0.39 is 5.97 Å². The molecular formula is C23H15NO6. The summed E-state index contributed by atoms with van der Waals surface area (Å²) in [6, 6.07) is 11.6. The lowest BCUT2D eigenvalue weighted by Gasteiger charge is -2.10. The quantitative estimate of drug-likeness (QED) is 0.373. The van der Waals surface area contributed by atoms with Crippen LogP contribution < -0.4 is 18.9 Å². The van der Waals surface area contributed by atoms with Gasteiger partial charge in [-0.25, -0.2) is 4.79 Å². The predicted octanol–water partition coefficient (Wildman–Crippen LogP) is 3.95. The van der Waals surface area contributed by atoms with Crippen LogP contribution >= 0.6 is 0 Å². The lowest BCUT2D eigenvalue weighted by Crippen LogP contribution is -2.09. The summed E-state index contributed by atoms with van der Waals surface area (Å²) in [5, 5.41) is 0. The minimum Gasteiger partial charge on any atom is -0.454 e. The minimum atomic E-state index is -0.548. The van der Waals surface area contributed by atoms with Crippen molar-refractivity contribution in [3.8, 4) is 23.0 Å². The van der Waals surface area contributed by atoms with Crippen LogP contribution in [-0.4, -0.2) is 23.5 Å². The fourth-order valence-electron chi connectivity index (χ4n) is 3.27. The van der Waals surface area contributed by atoms with Crippen molar-refractivity contribution in [1.29, 1.82) is 0 Å². The molecule has 0 saturated carbocycles. The maximum atomic E-state index is 12.7. The van der Waals surface area contributed by atoms with Crippen LogP contribution in [-0.2, 0) is 0 Å². The predicted molar refractivity (Wildman–Crippen MR) is 106 cm³/mol. The van der Waals surface area contributed by atoms with Crippen molar-refractivity contribution in [1.82, 2.24) is 4.98 Å². The van der Waals surface area contributed by atoms with Gasteiger partial charge in [0, 0.05) is 18.0 Å². The normalized spacial score (nSPS) is 15.1. The van der Waals surface area contributed by atoms with Gasteiger partial charge in [0.25, 0.3) is 0 Å². The first-order valence-electron chi connectivity index (χ1n) is 9.20. The number of benzene rings is 2. The monoisotopic (exact) mass is 401 g/mol. The van der Waals surface area contributed by atoms with Gasteiger partial charge in [-0.1, -0.05) is 0 Å². The number of fused-ring (bicyclic) bond motifs is 2. The molecule has 5 rings (SSSR count). The van der Waals surface area contributed by atoms with Crippen molar-refractivity contribution in [3.63, 3.8) is 0 Å². The Morgan fingerprint density at radius 2 is 1.87 bits per heavy atom. The molecule has 0 saturated heterocycles. The van der Waals surface area contributed by atoms with E-state index in [4.69, 9.17) is 18.9 Å². The Balaban J connectivity index is 1.41. The molecule has 0 unspecified atom stereocenters. The van der Waals surface area contributed by atoms with Crippen LogP contribution in [0, 0.1) is 6.92 Å². The van der Waals surface area contributed by atoms with Crippen molar-refractivity contribution in [2.24, 2.45) is 0 Å². The number of carbonyl (C=O) groups is 2. The molecule has 148 valence electrons. The van der Waals surface area contributed by atoms with Crippen LogP contribution in [0.15, 0.2) is 60.6 Å². The summed E-state index contributed by atoms with van der Waals surface area (Å²) in [5.74, 6) is 1.21. The Morgan fingerprint density at radius 1 is 1.07 bits per heavy atom. The first-order valence-corrected chi connectivity index (χ1v) is 9.20. The van der Waals surface area contributed by atoms with Crippen molar-refractivity contribution in [2.45, 2.75) is 6.92 Å². The van der Waals surface area contributed by atoms with Crippen LogP contribution in [0.2, 0.25) is 0 Å². The molecule has 2 aliphatic rings. The number of hydrogen-bond donors (Lipinski definition) is 0. The molecule has 0 radical (unpaired) electrons. The second-order valence-electron chi connectivity index (χ2n) is 6.74. The average molecular weight is 401 g/mol. The molecule has 3 heterocycles. The molecule has 0 aliphatic carbocycles. The van der Waals surface area contributed by atoms with E-state index in [0.717, 1.165) is 5.56 Å². The van der Waals surface area contributed by atoms with Crippen LogP contribution in [0.3, 0.4) is 0 Å². The lowest BCUT2D eigenvalue weighted by atomic mass is 10.1. The number of hydrogen-bond acceptors (Lipinski definition) is 7. The minimum absolute atomic E-state index is 0.123. The zero-order valence-electron chi connectivity index (χ0n) is 15.9. The van der Waals surface area contributed by atoms with E-state index in [1.807, 2.05) is 0 Å². The van der Waals surface area contributed by atoms with Gasteiger partial charge in [-0.3, -0.25) is 9.78 Å². The number of aromatic nitrogens is 1. The van der Waals surface area contributed by atoms with Gasteiger partial charge in [-0.15, -0.1) is 0 Å². The summed E-state index contributed by atoms with van der Waals surface area (Å²) in [7, 11) is 0. The Bertz CT molecular complexity index is 1220. The van der Waals surface area contributed by atoms with E-state index in [0.29, 0.717) is 39.7 Å². The number of carbonyl (C=O) groups excluding carboxylic acids is 2. The van der Waals surface area contributed by atoms with Crippen molar-refractivity contribution in [3.05, 3.63) is 82.9 Å². The number of esters is 1. The van der Waals surface area contributed by atoms with E-state index >= 15 is 0 Å². The zero-order valence-corrected chi connectivity index (χ0v) is 15.9. The standard InChI is InChI=1S/C23H15NO6/c1-13-17(30-23(26)15-2-4-18-19(11-15)28-12-27-18)5-3-16-21(25)20(29-22(13)16)10-14-6-8-24-9-7-14/h2-11H,12H2,1H3/b20-10-. The summed E-state index contributed by atoms with van der Waals surface area (Å²) < 4.78 is 21.9. The molecular weight excluding hydrogens is 386 g/mol. The molecule has 30 heavy (non-hydrogen) atoms. The zero-order chi connectivity index (χ0) is 20.7. The summed E-state index contributed by atoms with van der Waals surface area (Å²) in [6.07, 6.45) is 4.93. The molecule has 0 fully saturated rings. The molecule has 3 aromatic rings. The largest absolute Gasteiger partial charge is 0.454 e. The van der Waals surface area contributed by atoms with Crippen molar-refractivity contribution < 1.29 is 28.5 Å². The van der Waals surface area contributed by atoms with Gasteiger partial charge in [0.05, 0.1) is 11.1 Å². The smallest absolute Gasteiger partial charge is 0.343 e. The highest BCUT2D eigenvalue weighted by Crippen LogP contribution is 2.40. The summed E-state index contributed by atoms with van der Waals surface area (Å²) in [5.41, 5.74) is 2.12. The Morgan fingerprint density at radius 3 is 2.70 bits per heavy atom. The fourth-order valence-corrected chi connectivity index (χ4v) is 3.27. The van der Waals surface area contributed by atoms with Gasteiger partial charge in [-0.2, -0.15) is 0 Å². The second-order valence-corrected chi connectivity index (χ2v) is 6.74. The Labute approximate surface area is 171 Å². The molecule has 0 amide bonds. The van der Waals surface area contributed by atoms with Crippen LogP contribution in [0.25, 0.3) is 6.08 Å². The van der Waals surface area contributed by atoms with Gasteiger partial charge < -0.3 is 18.9 Å². The first-order chi connectivity index (χ1) is 14.6. The van der Waals surface area contributed by atoms with E-state index in [9.17, 15) is 9.59 Å². The summed E-state index contributed by atoms with van der Waals surface area (Å²) in [6.45, 7) is 1.86. The summed E-state index contributed by atoms with van der Waals surface area (Å²) >= 11 is 0. The third kappa shape index (κ3) is 3.06. The third-order valence-corrected chi connectivity index (χ3v) is 4.85. The van der Waals surface area contributed by atoms with Gasteiger partial charge in [0.1, 0.15) is 11.5 Å². The Kier molecular flexibility index (Phi) is 4.21. The van der Waals surface area contributed by atoms with Gasteiger partial charge >= 0.3 is 5.97 Å².